The van der Waals surface area contributed by atoms with E-state index in [9.17, 15) is 10.1 Å². The molecule has 2 aliphatic heterocycles. The van der Waals surface area contributed by atoms with Crippen molar-refractivity contribution in [2.45, 2.75) is 44.2 Å². The zero-order chi connectivity index (χ0) is 11.7. The van der Waals surface area contributed by atoms with Crippen molar-refractivity contribution in [3.8, 4) is 0 Å². The molecule has 92 valence electrons. The summed E-state index contributed by atoms with van der Waals surface area (Å²) in [5, 5.41) is 12.8. The first-order valence-electron chi connectivity index (χ1n) is 5.38. The Balaban J connectivity index is 1.92. The maximum atomic E-state index is 10.3. The Bertz CT molecular complexity index is 273. The van der Waals surface area contributed by atoms with Gasteiger partial charge in [-0.3, -0.25) is 0 Å². The third-order valence-electron chi connectivity index (χ3n) is 2.78. The zero-order valence-corrected chi connectivity index (χ0v) is 9.29. The van der Waals surface area contributed by atoms with Crippen molar-refractivity contribution in [2.75, 3.05) is 13.2 Å². The highest BCUT2D eigenvalue weighted by molar-refractivity contribution is 4.98. The first-order chi connectivity index (χ1) is 7.58. The summed E-state index contributed by atoms with van der Waals surface area (Å²) in [5.74, 6) is 0. The van der Waals surface area contributed by atoms with E-state index in [1.165, 1.54) is 0 Å². The average molecular weight is 232 g/mol. The fourth-order valence-corrected chi connectivity index (χ4v) is 2.24. The Labute approximate surface area is 93.1 Å². The summed E-state index contributed by atoms with van der Waals surface area (Å²) in [5.41, 5.74) is 0. The zero-order valence-electron chi connectivity index (χ0n) is 9.29. The SMILES string of the molecule is CC(C)NC1CO[C@H]2C(O[N+](=O)[O-])CO[C@@H]12. The highest BCUT2D eigenvalue weighted by Crippen LogP contribution is 2.29. The Kier molecular flexibility index (Phi) is 3.27. The Morgan fingerprint density at radius 2 is 2.06 bits per heavy atom. The number of hydrogen-bond acceptors (Lipinski definition) is 6. The molecule has 0 radical (unpaired) electrons. The lowest BCUT2D eigenvalue weighted by Crippen LogP contribution is -2.44. The topological polar surface area (TPSA) is 82.9 Å². The quantitative estimate of drug-likeness (QED) is 0.530. The molecule has 0 aliphatic carbocycles. The van der Waals surface area contributed by atoms with Crippen LogP contribution in [0.2, 0.25) is 0 Å². The second kappa shape index (κ2) is 4.52. The fraction of sp³-hybridized carbons (Fsp3) is 1.00. The number of hydrogen-bond donors (Lipinski definition) is 1. The molecule has 0 aromatic rings. The first kappa shape index (κ1) is 11.6. The van der Waals surface area contributed by atoms with Crippen molar-refractivity contribution in [1.29, 1.82) is 0 Å². The molecule has 7 heteroatoms. The number of fused-ring (bicyclic) bond motifs is 1. The van der Waals surface area contributed by atoms with Gasteiger partial charge in [-0.2, -0.15) is 0 Å². The molecule has 2 heterocycles. The Morgan fingerprint density at radius 3 is 2.69 bits per heavy atom. The lowest BCUT2D eigenvalue weighted by molar-refractivity contribution is -0.769. The summed E-state index contributed by atoms with van der Waals surface area (Å²) in [6.45, 7) is 4.79. The number of ether oxygens (including phenoxy) is 2. The van der Waals surface area contributed by atoms with Gasteiger partial charge in [0, 0.05) is 6.04 Å². The standard InChI is InChI=1S/C9H16N2O5/c1-5(2)10-6-3-14-9-7(16-11(12)13)4-15-8(6)9/h5-10H,3-4H2,1-2H3/t6?,7?,8-,9-/m0/s1. The molecule has 7 nitrogen and oxygen atoms in total. The van der Waals surface area contributed by atoms with Crippen LogP contribution in [-0.2, 0) is 14.3 Å². The minimum Gasteiger partial charge on any atom is -0.371 e. The molecule has 2 saturated heterocycles. The van der Waals surface area contributed by atoms with Gasteiger partial charge in [0.15, 0.2) is 6.10 Å². The van der Waals surface area contributed by atoms with E-state index in [4.69, 9.17) is 9.47 Å². The average Bonchev–Trinajstić information content (AvgIpc) is 2.70. The molecule has 0 aromatic heterocycles. The van der Waals surface area contributed by atoms with Gasteiger partial charge in [0.1, 0.15) is 12.2 Å². The van der Waals surface area contributed by atoms with Crippen molar-refractivity contribution in [3.05, 3.63) is 10.1 Å². The van der Waals surface area contributed by atoms with Crippen LogP contribution in [0.1, 0.15) is 13.8 Å². The summed E-state index contributed by atoms with van der Waals surface area (Å²) < 4.78 is 11.0. The fourth-order valence-electron chi connectivity index (χ4n) is 2.24. The number of rotatable bonds is 4. The minimum absolute atomic E-state index is 0.0883. The van der Waals surface area contributed by atoms with Gasteiger partial charge in [0.2, 0.25) is 0 Å². The molecule has 16 heavy (non-hydrogen) atoms. The number of nitrogens with one attached hydrogen (secondary N) is 1. The van der Waals surface area contributed by atoms with Gasteiger partial charge in [-0.15, -0.1) is 10.1 Å². The van der Waals surface area contributed by atoms with E-state index in [1.54, 1.807) is 0 Å². The van der Waals surface area contributed by atoms with Gasteiger partial charge >= 0.3 is 0 Å². The van der Waals surface area contributed by atoms with Crippen molar-refractivity contribution >= 4 is 0 Å². The molecule has 0 amide bonds. The van der Waals surface area contributed by atoms with Gasteiger partial charge in [-0.05, 0) is 0 Å². The van der Waals surface area contributed by atoms with Gasteiger partial charge < -0.3 is 19.6 Å². The van der Waals surface area contributed by atoms with Crippen LogP contribution in [0.3, 0.4) is 0 Å². The second-order valence-corrected chi connectivity index (χ2v) is 4.39. The molecule has 4 atom stereocenters. The van der Waals surface area contributed by atoms with E-state index in [0.29, 0.717) is 12.6 Å². The Hall–Kier alpha value is -0.920. The summed E-state index contributed by atoms with van der Waals surface area (Å²) in [4.78, 5) is 14.8. The van der Waals surface area contributed by atoms with Gasteiger partial charge in [-0.25, -0.2) is 0 Å². The largest absolute Gasteiger partial charge is 0.371 e. The molecule has 2 rings (SSSR count). The van der Waals surface area contributed by atoms with Crippen LogP contribution in [0, 0.1) is 10.1 Å². The van der Waals surface area contributed by atoms with E-state index in [1.807, 2.05) is 13.8 Å². The van der Waals surface area contributed by atoms with Gasteiger partial charge in [0.25, 0.3) is 5.09 Å². The third-order valence-corrected chi connectivity index (χ3v) is 2.78. The number of nitrogens with zero attached hydrogens (tertiary/aromatic N) is 1. The van der Waals surface area contributed by atoms with Crippen LogP contribution in [0.5, 0.6) is 0 Å². The van der Waals surface area contributed by atoms with Crippen LogP contribution in [0.4, 0.5) is 0 Å². The monoisotopic (exact) mass is 232 g/mol. The van der Waals surface area contributed by atoms with Crippen molar-refractivity contribution in [2.24, 2.45) is 0 Å². The van der Waals surface area contributed by atoms with Crippen molar-refractivity contribution in [1.82, 2.24) is 5.32 Å². The van der Waals surface area contributed by atoms with Crippen LogP contribution in [-0.4, -0.2) is 48.7 Å². The molecular formula is C9H16N2O5. The van der Waals surface area contributed by atoms with Crippen LogP contribution in [0.15, 0.2) is 0 Å². The summed E-state index contributed by atoms with van der Waals surface area (Å²) in [6, 6.07) is 0.414. The first-order valence-corrected chi connectivity index (χ1v) is 5.38. The summed E-state index contributed by atoms with van der Waals surface area (Å²) in [7, 11) is 0. The molecule has 0 saturated carbocycles. The van der Waals surface area contributed by atoms with Crippen molar-refractivity contribution < 1.29 is 19.4 Å². The predicted molar refractivity (Wildman–Crippen MR) is 53.4 cm³/mol. The lowest BCUT2D eigenvalue weighted by Gasteiger charge is -2.19. The van der Waals surface area contributed by atoms with E-state index >= 15 is 0 Å². The maximum Gasteiger partial charge on any atom is 0.294 e. The minimum atomic E-state index is -0.789. The molecule has 0 bridgehead atoms. The molecule has 0 aromatic carbocycles. The molecule has 2 fully saturated rings. The summed E-state index contributed by atoms with van der Waals surface area (Å²) >= 11 is 0. The molecule has 0 spiro atoms. The second-order valence-electron chi connectivity index (χ2n) is 4.39. The smallest absolute Gasteiger partial charge is 0.294 e. The highest BCUT2D eigenvalue weighted by Gasteiger charge is 2.49. The third kappa shape index (κ3) is 2.26. The van der Waals surface area contributed by atoms with Crippen LogP contribution >= 0.6 is 0 Å². The molecular weight excluding hydrogens is 216 g/mol. The van der Waals surface area contributed by atoms with Gasteiger partial charge in [0.05, 0.1) is 19.3 Å². The van der Waals surface area contributed by atoms with E-state index in [2.05, 4.69) is 10.2 Å². The highest BCUT2D eigenvalue weighted by atomic mass is 17.0. The maximum absolute atomic E-state index is 10.3. The van der Waals surface area contributed by atoms with Crippen molar-refractivity contribution in [3.63, 3.8) is 0 Å². The molecule has 2 unspecified atom stereocenters. The van der Waals surface area contributed by atoms with Crippen LogP contribution < -0.4 is 5.32 Å². The lowest BCUT2D eigenvalue weighted by atomic mass is 10.1. The van der Waals surface area contributed by atoms with E-state index in [0.717, 1.165) is 0 Å². The Morgan fingerprint density at radius 1 is 1.38 bits per heavy atom. The van der Waals surface area contributed by atoms with Crippen LogP contribution in [0.25, 0.3) is 0 Å². The summed E-state index contributed by atoms with van der Waals surface area (Å²) in [6.07, 6.45) is -1.08. The van der Waals surface area contributed by atoms with E-state index in [-0.39, 0.29) is 24.9 Å². The van der Waals surface area contributed by atoms with Gasteiger partial charge in [-0.1, -0.05) is 13.8 Å². The van der Waals surface area contributed by atoms with E-state index < -0.39 is 11.2 Å². The molecule has 1 N–H and O–H groups in total. The predicted octanol–water partition coefficient (Wildman–Crippen LogP) is -0.273. The molecule has 2 aliphatic rings. The normalized spacial score (nSPS) is 37.7.